The van der Waals surface area contributed by atoms with E-state index in [4.69, 9.17) is 29.3 Å². The molecule has 0 aromatic heterocycles. The van der Waals surface area contributed by atoms with Crippen molar-refractivity contribution >= 4 is 29.4 Å². The van der Waals surface area contributed by atoms with Gasteiger partial charge in [0.25, 0.3) is 5.69 Å². The monoisotopic (exact) mass is 575 g/mol. The number of nitro groups is 1. The minimum Gasteiger partial charge on any atom is -0.292 e. The van der Waals surface area contributed by atoms with Crippen LogP contribution < -0.4 is 0 Å². The topological polar surface area (TPSA) is 167 Å². The molecular weight excluding hydrogens is 542 g/mol. The van der Waals surface area contributed by atoms with Crippen molar-refractivity contribution in [3.8, 4) is 0 Å². The molecule has 0 atom stereocenters. The predicted molar refractivity (Wildman–Crippen MR) is 142 cm³/mol. The molecular formula is C28H33NO12. The molecule has 0 fully saturated rings. The van der Waals surface area contributed by atoms with Crippen molar-refractivity contribution in [2.24, 2.45) is 0 Å². The van der Waals surface area contributed by atoms with Gasteiger partial charge in [-0.1, -0.05) is 0 Å². The molecule has 41 heavy (non-hydrogen) atoms. The Bertz CT molecular complexity index is 1270. The van der Waals surface area contributed by atoms with Gasteiger partial charge in [-0.15, -0.1) is 0 Å². The zero-order chi connectivity index (χ0) is 31.3. The van der Waals surface area contributed by atoms with Gasteiger partial charge in [0.2, 0.25) is 0 Å². The molecule has 0 saturated carbocycles. The SMILES string of the molecule is CC(C)(C)OOC(=O)c1cc(C(=O)c2ccc([N+](=O)[O-])cc2)cc(C(=O)OOC(C)(C)C)c1C(=O)OOC(C)(C)C. The summed E-state index contributed by atoms with van der Waals surface area (Å²) in [6.07, 6.45) is 0. The second kappa shape index (κ2) is 12.5. The van der Waals surface area contributed by atoms with E-state index < -0.39 is 62.1 Å². The maximum Gasteiger partial charge on any atom is 0.374 e. The smallest absolute Gasteiger partial charge is 0.292 e. The summed E-state index contributed by atoms with van der Waals surface area (Å²) in [6.45, 7) is 14.3. The molecule has 0 aliphatic rings. The second-order valence-electron chi connectivity index (χ2n) is 11.8. The molecule has 222 valence electrons. The third-order valence-corrected chi connectivity index (χ3v) is 4.49. The van der Waals surface area contributed by atoms with Gasteiger partial charge in [0.05, 0.1) is 21.6 Å². The summed E-state index contributed by atoms with van der Waals surface area (Å²) in [7, 11) is 0. The van der Waals surface area contributed by atoms with Crippen LogP contribution in [-0.4, -0.2) is 45.4 Å². The van der Waals surface area contributed by atoms with Crippen molar-refractivity contribution in [3.63, 3.8) is 0 Å². The number of hydrogen-bond donors (Lipinski definition) is 0. The molecule has 0 saturated heterocycles. The molecule has 0 amide bonds. The quantitative estimate of drug-likeness (QED) is 0.160. The molecule has 0 bridgehead atoms. The summed E-state index contributed by atoms with van der Waals surface area (Å²) in [6, 6.07) is 6.60. The maximum absolute atomic E-state index is 13.4. The van der Waals surface area contributed by atoms with Gasteiger partial charge in [0, 0.05) is 23.3 Å². The summed E-state index contributed by atoms with van der Waals surface area (Å²) >= 11 is 0. The predicted octanol–water partition coefficient (Wildman–Crippen LogP) is 5.49. The molecule has 0 spiro atoms. The number of ketones is 1. The van der Waals surface area contributed by atoms with Crippen molar-refractivity contribution in [2.75, 3.05) is 0 Å². The molecule has 2 rings (SSSR count). The van der Waals surface area contributed by atoms with Crippen molar-refractivity contribution in [1.82, 2.24) is 0 Å². The molecule has 13 nitrogen and oxygen atoms in total. The van der Waals surface area contributed by atoms with E-state index in [0.717, 1.165) is 24.3 Å². The van der Waals surface area contributed by atoms with Gasteiger partial charge in [-0.05, 0) is 86.6 Å². The van der Waals surface area contributed by atoms with Crippen molar-refractivity contribution in [3.05, 3.63) is 74.3 Å². The Morgan fingerprint density at radius 3 is 1.32 bits per heavy atom. The zero-order valence-electron chi connectivity index (χ0n) is 24.3. The van der Waals surface area contributed by atoms with Crippen molar-refractivity contribution in [1.29, 1.82) is 0 Å². The van der Waals surface area contributed by atoms with Crippen molar-refractivity contribution in [2.45, 2.75) is 79.1 Å². The van der Waals surface area contributed by atoms with Crippen LogP contribution in [-0.2, 0) is 29.3 Å². The molecule has 2 aromatic rings. The van der Waals surface area contributed by atoms with Gasteiger partial charge < -0.3 is 0 Å². The van der Waals surface area contributed by atoms with Crippen LogP contribution in [0.15, 0.2) is 36.4 Å². The highest BCUT2D eigenvalue weighted by Gasteiger charge is 2.33. The number of hydrogen-bond acceptors (Lipinski definition) is 12. The minimum atomic E-state index is -1.28. The summed E-state index contributed by atoms with van der Waals surface area (Å²) in [5, 5.41) is 11.0. The first-order chi connectivity index (χ1) is 18.7. The highest BCUT2D eigenvalue weighted by Crippen LogP contribution is 2.26. The van der Waals surface area contributed by atoms with Gasteiger partial charge >= 0.3 is 17.9 Å². The molecule has 0 N–H and O–H groups in total. The number of carbonyl (C=O) groups is 4. The minimum absolute atomic E-state index is 0.0162. The van der Waals surface area contributed by atoms with Crippen molar-refractivity contribution < 1.29 is 53.4 Å². The molecule has 0 radical (unpaired) electrons. The molecule has 0 aliphatic carbocycles. The highest BCUT2D eigenvalue weighted by molar-refractivity contribution is 6.15. The Morgan fingerprint density at radius 1 is 0.610 bits per heavy atom. The Morgan fingerprint density at radius 2 is 0.976 bits per heavy atom. The molecule has 0 heterocycles. The van der Waals surface area contributed by atoms with E-state index in [2.05, 4.69) is 0 Å². The van der Waals surface area contributed by atoms with E-state index in [0.29, 0.717) is 0 Å². The number of carbonyl (C=O) groups excluding carboxylic acids is 4. The molecule has 0 unspecified atom stereocenters. The number of nitro benzene ring substituents is 1. The number of nitrogens with zero attached hydrogens (tertiary/aromatic N) is 1. The molecule has 0 aliphatic heterocycles. The fourth-order valence-electron chi connectivity index (χ4n) is 2.84. The number of rotatable bonds is 9. The van der Waals surface area contributed by atoms with Crippen LogP contribution in [0.4, 0.5) is 5.69 Å². The van der Waals surface area contributed by atoms with Crippen LogP contribution in [0.2, 0.25) is 0 Å². The third-order valence-electron chi connectivity index (χ3n) is 4.49. The van der Waals surface area contributed by atoms with E-state index >= 15 is 0 Å². The average Bonchev–Trinajstić information content (AvgIpc) is 2.86. The first kappa shape index (κ1) is 33.0. The lowest BCUT2D eigenvalue weighted by Gasteiger charge is -2.20. The van der Waals surface area contributed by atoms with Gasteiger partial charge in [-0.3, -0.25) is 29.6 Å². The van der Waals surface area contributed by atoms with Gasteiger partial charge in [-0.25, -0.2) is 14.4 Å². The van der Waals surface area contributed by atoms with Crippen LogP contribution >= 0.6 is 0 Å². The average molecular weight is 576 g/mol. The maximum atomic E-state index is 13.4. The summed E-state index contributed by atoms with van der Waals surface area (Å²) in [5.41, 5.74) is -5.26. The van der Waals surface area contributed by atoms with E-state index in [9.17, 15) is 29.3 Å². The zero-order valence-corrected chi connectivity index (χ0v) is 24.3. The normalized spacial score (nSPS) is 11.9. The Labute approximate surface area is 236 Å². The lowest BCUT2D eigenvalue weighted by atomic mass is 9.93. The van der Waals surface area contributed by atoms with E-state index in [1.165, 1.54) is 12.1 Å². The summed E-state index contributed by atoms with van der Waals surface area (Å²) in [4.78, 5) is 93.3. The van der Waals surface area contributed by atoms with Gasteiger partial charge in [-0.2, -0.15) is 14.7 Å². The van der Waals surface area contributed by atoms with Crippen LogP contribution in [0.3, 0.4) is 0 Å². The lowest BCUT2D eigenvalue weighted by Crippen LogP contribution is -2.28. The number of benzene rings is 2. The Balaban J connectivity index is 2.75. The fraction of sp³-hybridized carbons (Fsp3) is 0.429. The van der Waals surface area contributed by atoms with Crippen LogP contribution in [0.1, 0.15) is 109 Å². The van der Waals surface area contributed by atoms with E-state index in [1.54, 1.807) is 62.3 Å². The highest BCUT2D eigenvalue weighted by atomic mass is 17.2. The fourth-order valence-corrected chi connectivity index (χ4v) is 2.84. The van der Waals surface area contributed by atoms with E-state index in [-0.39, 0.29) is 16.8 Å². The lowest BCUT2D eigenvalue weighted by molar-refractivity contribution is -0.384. The van der Waals surface area contributed by atoms with Crippen LogP contribution in [0, 0.1) is 10.1 Å². The molecule has 13 heteroatoms. The Hall–Kier alpha value is -4.20. The van der Waals surface area contributed by atoms with Gasteiger partial charge in [0.15, 0.2) is 5.78 Å². The Kier molecular flexibility index (Phi) is 10.1. The molecule has 2 aromatic carbocycles. The van der Waals surface area contributed by atoms with Crippen LogP contribution in [0.5, 0.6) is 0 Å². The first-order valence-electron chi connectivity index (χ1n) is 12.4. The van der Waals surface area contributed by atoms with E-state index in [1.807, 2.05) is 0 Å². The first-order valence-corrected chi connectivity index (χ1v) is 12.4. The third kappa shape index (κ3) is 10.0. The van der Waals surface area contributed by atoms with Crippen LogP contribution in [0.25, 0.3) is 0 Å². The standard InChI is InChI=1S/C28H33NO12/c1-26(2,3)39-36-23(31)19-14-17(22(30)16-10-12-18(13-11-16)29(34)35)15-20(24(32)37-40-27(4,5)6)21(19)25(33)38-41-28(7,8)9/h10-15H,1-9H3. The largest absolute Gasteiger partial charge is 0.374 e. The number of non-ortho nitro benzene ring substituents is 1. The summed E-state index contributed by atoms with van der Waals surface area (Å²) < 4.78 is 0. The van der Waals surface area contributed by atoms with Gasteiger partial charge in [0.1, 0.15) is 16.8 Å². The summed E-state index contributed by atoms with van der Waals surface area (Å²) in [5.74, 6) is -4.51. The second-order valence-corrected chi connectivity index (χ2v) is 11.8.